The second-order valence-corrected chi connectivity index (χ2v) is 8.93. The number of hydrogen-bond acceptors (Lipinski definition) is 7. The number of amides is 1. The van der Waals surface area contributed by atoms with E-state index in [-0.39, 0.29) is 5.91 Å². The van der Waals surface area contributed by atoms with Crippen LogP contribution in [0.15, 0.2) is 48.1 Å². The molecule has 0 unspecified atom stereocenters. The van der Waals surface area contributed by atoms with Gasteiger partial charge in [0.05, 0.1) is 11.6 Å². The van der Waals surface area contributed by atoms with Crippen molar-refractivity contribution >= 4 is 23.1 Å². The van der Waals surface area contributed by atoms with Gasteiger partial charge < -0.3 is 14.5 Å². The Bertz CT molecular complexity index is 1000. The van der Waals surface area contributed by atoms with Crippen molar-refractivity contribution in [1.82, 2.24) is 19.9 Å². The molecule has 7 nitrogen and oxygen atoms in total. The molecule has 162 valence electrons. The molecule has 3 heterocycles. The van der Waals surface area contributed by atoms with Crippen molar-refractivity contribution in [3.8, 4) is 5.88 Å². The highest BCUT2D eigenvalue weighted by Gasteiger charge is 2.25. The maximum Gasteiger partial charge on any atom is 0.273 e. The van der Waals surface area contributed by atoms with Crippen LogP contribution in [0.4, 0.5) is 5.82 Å². The van der Waals surface area contributed by atoms with Gasteiger partial charge in [0.15, 0.2) is 0 Å². The number of hydrogen-bond donors (Lipinski definition) is 0. The Morgan fingerprint density at radius 1 is 1.13 bits per heavy atom. The lowest BCUT2D eigenvalue weighted by Gasteiger charge is -2.35. The Labute approximate surface area is 186 Å². The van der Waals surface area contributed by atoms with Crippen LogP contribution in [0.25, 0.3) is 0 Å². The van der Waals surface area contributed by atoms with E-state index in [0.717, 1.165) is 17.2 Å². The van der Waals surface area contributed by atoms with Crippen LogP contribution in [0.5, 0.6) is 5.88 Å². The lowest BCUT2D eigenvalue weighted by atomic mass is 10.2. The van der Waals surface area contributed by atoms with Crippen LogP contribution in [0.1, 0.15) is 34.9 Å². The quantitative estimate of drug-likeness (QED) is 0.563. The molecular formula is C23H27N5O2S. The average Bonchev–Trinajstić information content (AvgIpc) is 3.26. The summed E-state index contributed by atoms with van der Waals surface area (Å²) in [5.41, 5.74) is 1.74. The molecule has 0 radical (unpaired) electrons. The van der Waals surface area contributed by atoms with Gasteiger partial charge in [0, 0.05) is 44.0 Å². The van der Waals surface area contributed by atoms with Crippen LogP contribution in [-0.4, -0.2) is 58.5 Å². The number of aromatic nitrogens is 3. The molecule has 8 heteroatoms. The molecule has 2 aromatic heterocycles. The first-order valence-electron chi connectivity index (χ1n) is 10.6. The maximum absolute atomic E-state index is 12.9. The molecular weight excluding hydrogens is 410 g/mol. The summed E-state index contributed by atoms with van der Waals surface area (Å²) >= 11 is 1.54. The van der Waals surface area contributed by atoms with Crippen molar-refractivity contribution in [1.29, 1.82) is 0 Å². The summed E-state index contributed by atoms with van der Waals surface area (Å²) in [5.74, 6) is 1.86. The summed E-state index contributed by atoms with van der Waals surface area (Å²) in [5, 5.41) is 2.83. The third kappa shape index (κ3) is 5.58. The van der Waals surface area contributed by atoms with Crippen molar-refractivity contribution in [3.05, 3.63) is 64.4 Å². The van der Waals surface area contributed by atoms with E-state index < -0.39 is 0 Å². The van der Waals surface area contributed by atoms with Gasteiger partial charge in [-0.25, -0.2) is 15.0 Å². The molecule has 0 spiro atoms. The molecule has 4 rings (SSSR count). The fourth-order valence-corrected chi connectivity index (χ4v) is 4.20. The highest BCUT2D eigenvalue weighted by molar-refractivity contribution is 7.09. The third-order valence-electron chi connectivity index (χ3n) is 5.05. The number of nitrogens with zero attached hydrogens (tertiary/aromatic N) is 5. The van der Waals surface area contributed by atoms with Gasteiger partial charge >= 0.3 is 0 Å². The van der Waals surface area contributed by atoms with Crippen molar-refractivity contribution < 1.29 is 9.53 Å². The molecule has 0 atom stereocenters. The Morgan fingerprint density at radius 2 is 1.90 bits per heavy atom. The molecule has 1 fully saturated rings. The van der Waals surface area contributed by atoms with Crippen molar-refractivity contribution in [2.75, 3.05) is 37.7 Å². The summed E-state index contributed by atoms with van der Waals surface area (Å²) < 4.78 is 5.71. The lowest BCUT2D eigenvalue weighted by Crippen LogP contribution is -2.49. The number of benzene rings is 1. The van der Waals surface area contributed by atoms with Gasteiger partial charge in [-0.3, -0.25) is 4.79 Å². The maximum atomic E-state index is 12.9. The zero-order valence-corrected chi connectivity index (χ0v) is 18.7. The van der Waals surface area contributed by atoms with E-state index in [1.54, 1.807) is 11.3 Å². The summed E-state index contributed by atoms with van der Waals surface area (Å²) in [7, 11) is 0. The first-order chi connectivity index (χ1) is 15.1. The largest absolute Gasteiger partial charge is 0.477 e. The number of anilines is 1. The Kier molecular flexibility index (Phi) is 6.76. The van der Waals surface area contributed by atoms with Gasteiger partial charge in [0.1, 0.15) is 17.8 Å². The molecule has 1 aliphatic heterocycles. The predicted octanol–water partition coefficient (Wildman–Crippen LogP) is 3.52. The van der Waals surface area contributed by atoms with Gasteiger partial charge in [0.25, 0.3) is 5.91 Å². The Balaban J connectivity index is 1.33. The highest BCUT2D eigenvalue weighted by atomic mass is 32.1. The fourth-order valence-electron chi connectivity index (χ4n) is 3.40. The zero-order chi connectivity index (χ0) is 21.6. The SMILES string of the molecule is CC(C)COc1cc(N2CCN(C(=O)c3csc(Cc4ccccc4)n3)CC2)ncn1. The normalized spacial score (nSPS) is 14.2. The smallest absolute Gasteiger partial charge is 0.273 e. The minimum Gasteiger partial charge on any atom is -0.477 e. The van der Waals surface area contributed by atoms with Crippen LogP contribution in [-0.2, 0) is 6.42 Å². The lowest BCUT2D eigenvalue weighted by molar-refractivity contribution is 0.0741. The number of carbonyl (C=O) groups is 1. The zero-order valence-electron chi connectivity index (χ0n) is 17.9. The standard InChI is InChI=1S/C23H27N5O2S/c1-17(2)14-30-21-13-20(24-16-25-21)27-8-10-28(11-9-27)23(29)19-15-31-22(26-19)12-18-6-4-3-5-7-18/h3-7,13,15-17H,8-12,14H2,1-2H3. The Morgan fingerprint density at radius 3 is 2.65 bits per heavy atom. The van der Waals surface area contributed by atoms with Gasteiger partial charge in [0.2, 0.25) is 5.88 Å². The van der Waals surface area contributed by atoms with E-state index in [2.05, 4.69) is 45.8 Å². The highest BCUT2D eigenvalue weighted by Crippen LogP contribution is 2.20. The number of thiazole rings is 1. The van der Waals surface area contributed by atoms with Gasteiger partial charge in [-0.1, -0.05) is 44.2 Å². The van der Waals surface area contributed by atoms with E-state index >= 15 is 0 Å². The average molecular weight is 438 g/mol. The second-order valence-electron chi connectivity index (χ2n) is 7.99. The van der Waals surface area contributed by atoms with Crippen LogP contribution in [0.3, 0.4) is 0 Å². The monoisotopic (exact) mass is 437 g/mol. The van der Waals surface area contributed by atoms with Gasteiger partial charge in [-0.2, -0.15) is 0 Å². The van der Waals surface area contributed by atoms with Gasteiger partial charge in [-0.15, -0.1) is 11.3 Å². The molecule has 0 saturated carbocycles. The van der Waals surface area contributed by atoms with Crippen LogP contribution >= 0.6 is 11.3 Å². The predicted molar refractivity (Wildman–Crippen MR) is 122 cm³/mol. The second kappa shape index (κ2) is 9.87. The number of ether oxygens (including phenoxy) is 1. The van der Waals surface area contributed by atoms with Crippen molar-refractivity contribution in [2.45, 2.75) is 20.3 Å². The number of rotatable bonds is 7. The molecule has 1 aliphatic rings. The van der Waals surface area contributed by atoms with E-state index in [9.17, 15) is 4.79 Å². The van der Waals surface area contributed by atoms with Crippen molar-refractivity contribution in [2.24, 2.45) is 5.92 Å². The molecule has 0 aliphatic carbocycles. The molecule has 1 saturated heterocycles. The molecule has 0 bridgehead atoms. The number of carbonyl (C=O) groups excluding carboxylic acids is 1. The third-order valence-corrected chi connectivity index (χ3v) is 5.90. The minimum atomic E-state index is -0.00106. The summed E-state index contributed by atoms with van der Waals surface area (Å²) in [6.45, 7) is 7.53. The summed E-state index contributed by atoms with van der Waals surface area (Å²) in [4.78, 5) is 30.1. The van der Waals surface area contributed by atoms with E-state index in [0.29, 0.717) is 50.3 Å². The first-order valence-corrected chi connectivity index (χ1v) is 11.4. The first kappa shape index (κ1) is 21.2. The van der Waals surface area contributed by atoms with Crippen molar-refractivity contribution in [3.63, 3.8) is 0 Å². The van der Waals surface area contributed by atoms with E-state index in [1.165, 1.54) is 11.9 Å². The Hall–Kier alpha value is -3.00. The van der Waals surface area contributed by atoms with Gasteiger partial charge in [-0.05, 0) is 11.5 Å². The molecule has 0 N–H and O–H groups in total. The minimum absolute atomic E-state index is 0.00106. The molecule has 31 heavy (non-hydrogen) atoms. The molecule has 3 aromatic rings. The summed E-state index contributed by atoms with van der Waals surface area (Å²) in [6.07, 6.45) is 2.29. The number of piperazine rings is 1. The molecule has 1 amide bonds. The molecule has 1 aromatic carbocycles. The summed E-state index contributed by atoms with van der Waals surface area (Å²) in [6, 6.07) is 12.1. The van der Waals surface area contributed by atoms with Crippen LogP contribution in [0, 0.1) is 5.92 Å². The van der Waals surface area contributed by atoms with Crippen LogP contribution in [0.2, 0.25) is 0 Å². The van der Waals surface area contributed by atoms with E-state index in [1.807, 2.05) is 34.5 Å². The fraction of sp³-hybridized carbons (Fsp3) is 0.391. The van der Waals surface area contributed by atoms with E-state index in [4.69, 9.17) is 4.74 Å². The topological polar surface area (TPSA) is 71.5 Å². The van der Waals surface area contributed by atoms with Crippen LogP contribution < -0.4 is 9.64 Å².